The van der Waals surface area contributed by atoms with Crippen molar-refractivity contribution in [2.45, 2.75) is 101 Å². The quantitative estimate of drug-likeness (QED) is 0.706. The Hall–Kier alpha value is -0.0151. The second-order valence-corrected chi connectivity index (χ2v) is 9.08. The normalized spacial score (nSPS) is 44.1. The summed E-state index contributed by atoms with van der Waals surface area (Å²) in [6.45, 7) is 9.19. The second kappa shape index (κ2) is 5.51. The zero-order valence-corrected chi connectivity index (χ0v) is 14.8. The zero-order valence-electron chi connectivity index (χ0n) is 14.8. The molecule has 5 aliphatic rings. The smallest absolute Gasteiger partial charge is 0.122 e. The van der Waals surface area contributed by atoms with Gasteiger partial charge in [-0.3, -0.25) is 4.90 Å². The van der Waals surface area contributed by atoms with E-state index in [0.29, 0.717) is 16.9 Å². The number of hydrogen-bond donors (Lipinski definition) is 0. The fourth-order valence-electron chi connectivity index (χ4n) is 6.44. The molecule has 123 valence electrons. The number of ether oxygens (including phenoxy) is 1. The molecule has 1 radical (unpaired) electrons. The molecule has 4 aliphatic heterocycles. The van der Waals surface area contributed by atoms with E-state index in [4.69, 9.17) is 4.74 Å². The van der Waals surface area contributed by atoms with Gasteiger partial charge in [0.05, 0.1) is 18.8 Å². The van der Waals surface area contributed by atoms with Gasteiger partial charge in [-0.2, -0.15) is 0 Å². The van der Waals surface area contributed by atoms with E-state index in [1.807, 2.05) is 0 Å². The van der Waals surface area contributed by atoms with Gasteiger partial charge in [0, 0.05) is 12.1 Å². The number of likely N-dealkylation sites (tertiary alicyclic amines) is 1. The Labute approximate surface area is 137 Å². The summed E-state index contributed by atoms with van der Waals surface area (Å²) in [7, 11) is 2.76. The molecule has 1 spiro atoms. The fraction of sp³-hybridized carbons (Fsp3) is 1.00. The predicted octanol–water partition coefficient (Wildman–Crippen LogP) is 4.28. The highest BCUT2D eigenvalue weighted by Crippen LogP contribution is 2.59. The molecule has 0 amide bonds. The van der Waals surface area contributed by atoms with Crippen LogP contribution in [0.5, 0.6) is 0 Å². The minimum absolute atomic E-state index is 0.406. The van der Waals surface area contributed by atoms with E-state index in [1.165, 1.54) is 51.4 Å². The van der Waals surface area contributed by atoms with Crippen LogP contribution in [-0.4, -0.2) is 43.0 Å². The molecule has 4 unspecified atom stereocenters. The van der Waals surface area contributed by atoms with Crippen LogP contribution in [0.25, 0.3) is 0 Å². The van der Waals surface area contributed by atoms with Gasteiger partial charge in [0.15, 0.2) is 0 Å². The highest BCUT2D eigenvalue weighted by atomic mass is 16.5. The maximum absolute atomic E-state index is 5.68. The Morgan fingerprint density at radius 1 is 1.23 bits per heavy atom. The molecule has 0 aromatic rings. The Kier molecular flexibility index (Phi) is 3.89. The van der Waals surface area contributed by atoms with Crippen LogP contribution in [0, 0.1) is 5.92 Å². The van der Waals surface area contributed by atoms with Gasteiger partial charge in [-0.05, 0) is 32.6 Å². The van der Waals surface area contributed by atoms with Crippen molar-refractivity contribution in [1.29, 1.82) is 0 Å². The molecule has 5 rings (SSSR count). The zero-order chi connectivity index (χ0) is 15.4. The first-order valence-corrected chi connectivity index (χ1v) is 9.80. The number of fused-ring (bicyclic) bond motifs is 3. The summed E-state index contributed by atoms with van der Waals surface area (Å²) >= 11 is 0. The van der Waals surface area contributed by atoms with Crippen LogP contribution < -0.4 is 0 Å². The molecule has 2 bridgehead atoms. The van der Waals surface area contributed by atoms with E-state index in [2.05, 4.69) is 33.0 Å². The average Bonchev–Trinajstić information content (AvgIpc) is 2.76. The predicted molar refractivity (Wildman–Crippen MR) is 92.6 cm³/mol. The Bertz CT molecular complexity index is 414. The van der Waals surface area contributed by atoms with Crippen molar-refractivity contribution in [3.05, 3.63) is 0 Å². The summed E-state index contributed by atoms with van der Waals surface area (Å²) in [5.74, 6) is 1.83. The van der Waals surface area contributed by atoms with Crippen LogP contribution in [0.4, 0.5) is 0 Å². The van der Waals surface area contributed by atoms with Crippen molar-refractivity contribution in [1.82, 2.24) is 4.90 Å². The van der Waals surface area contributed by atoms with Gasteiger partial charge in [-0.25, -0.2) is 0 Å². The number of nitrogens with zero attached hydrogens (tertiary/aromatic N) is 1. The molecule has 0 N–H and O–H groups in total. The first-order valence-electron chi connectivity index (χ1n) is 9.80. The molecule has 5 fully saturated rings. The maximum atomic E-state index is 5.68. The van der Waals surface area contributed by atoms with E-state index in [9.17, 15) is 0 Å². The van der Waals surface area contributed by atoms with Crippen LogP contribution in [-0.2, 0) is 4.74 Å². The topological polar surface area (TPSA) is 12.5 Å². The van der Waals surface area contributed by atoms with E-state index >= 15 is 0 Å². The monoisotopic (exact) mass is 302 g/mol. The Morgan fingerprint density at radius 2 is 2.00 bits per heavy atom. The molecule has 2 nitrogen and oxygen atoms in total. The average molecular weight is 302 g/mol. The molecule has 0 aromatic heterocycles. The van der Waals surface area contributed by atoms with E-state index in [1.54, 1.807) is 0 Å². The molecule has 0 aromatic carbocycles. The van der Waals surface area contributed by atoms with Gasteiger partial charge in [-0.15, -0.1) is 0 Å². The SMILES string of the molecule is CCC12[B]C(CC3CC4(COC4)N(C(C)C)C3CCCC1)C2. The van der Waals surface area contributed by atoms with Crippen molar-refractivity contribution in [3.8, 4) is 0 Å². The van der Waals surface area contributed by atoms with Crippen molar-refractivity contribution < 1.29 is 4.74 Å². The van der Waals surface area contributed by atoms with Gasteiger partial charge < -0.3 is 4.74 Å². The van der Waals surface area contributed by atoms with Crippen LogP contribution >= 0.6 is 0 Å². The third kappa shape index (κ3) is 2.30. The molecule has 4 atom stereocenters. The Balaban J connectivity index is 1.53. The van der Waals surface area contributed by atoms with E-state index in [-0.39, 0.29) is 0 Å². The van der Waals surface area contributed by atoms with Crippen LogP contribution in [0.2, 0.25) is 11.1 Å². The molecule has 1 saturated carbocycles. The Morgan fingerprint density at radius 3 is 2.59 bits per heavy atom. The van der Waals surface area contributed by atoms with Crippen molar-refractivity contribution >= 4 is 7.28 Å². The summed E-state index contributed by atoms with van der Waals surface area (Å²) < 4.78 is 5.68. The second-order valence-electron chi connectivity index (χ2n) is 9.08. The molecule has 4 saturated heterocycles. The minimum atomic E-state index is 0.406. The van der Waals surface area contributed by atoms with Gasteiger partial charge >= 0.3 is 0 Å². The maximum Gasteiger partial charge on any atom is 0.122 e. The lowest BCUT2D eigenvalue weighted by Gasteiger charge is -2.50. The van der Waals surface area contributed by atoms with E-state index < -0.39 is 0 Å². The highest BCUT2D eigenvalue weighted by Gasteiger charge is 2.57. The molecule has 3 heteroatoms. The molecule has 1 aliphatic carbocycles. The first kappa shape index (κ1) is 15.5. The van der Waals surface area contributed by atoms with E-state index in [0.717, 1.165) is 31.0 Å². The van der Waals surface area contributed by atoms with Crippen LogP contribution in [0.15, 0.2) is 0 Å². The lowest BCUT2D eigenvalue weighted by molar-refractivity contribution is -0.141. The summed E-state index contributed by atoms with van der Waals surface area (Å²) in [4.78, 5) is 2.88. The summed E-state index contributed by atoms with van der Waals surface area (Å²) in [5.41, 5.74) is 0.406. The molecular weight excluding hydrogens is 269 g/mol. The van der Waals surface area contributed by atoms with Gasteiger partial charge in [0.1, 0.15) is 7.28 Å². The van der Waals surface area contributed by atoms with Gasteiger partial charge in [-0.1, -0.05) is 56.6 Å². The fourth-order valence-corrected chi connectivity index (χ4v) is 6.44. The first-order chi connectivity index (χ1) is 10.6. The van der Waals surface area contributed by atoms with Gasteiger partial charge in [0.25, 0.3) is 0 Å². The summed E-state index contributed by atoms with van der Waals surface area (Å²) in [5, 5.41) is 0.630. The highest BCUT2D eigenvalue weighted by molar-refractivity contribution is 6.46. The largest absolute Gasteiger partial charge is 0.377 e. The summed E-state index contributed by atoms with van der Waals surface area (Å²) in [6.07, 6.45) is 11.5. The van der Waals surface area contributed by atoms with Crippen LogP contribution in [0.1, 0.15) is 72.1 Å². The number of hydrogen-bond acceptors (Lipinski definition) is 2. The minimum Gasteiger partial charge on any atom is -0.377 e. The lowest BCUT2D eigenvalue weighted by Crippen LogP contribution is -2.62. The molecular formula is C19H33BNO. The number of rotatable bonds is 2. The van der Waals surface area contributed by atoms with Gasteiger partial charge in [0.2, 0.25) is 0 Å². The lowest BCUT2D eigenvalue weighted by atomic mass is 9.29. The van der Waals surface area contributed by atoms with Crippen molar-refractivity contribution in [3.63, 3.8) is 0 Å². The molecule has 4 heterocycles. The van der Waals surface area contributed by atoms with Crippen molar-refractivity contribution in [2.75, 3.05) is 13.2 Å². The third-order valence-electron chi connectivity index (χ3n) is 7.38. The standard InChI is InChI=1S/C19H33BNO/c1-4-18-8-6-5-7-17-15(9-16(11-18)20-18)10-19(12-22-13-19)21(17)14(2)3/h14-17H,4-13H2,1-3H3. The van der Waals surface area contributed by atoms with Crippen LogP contribution in [0.3, 0.4) is 0 Å². The third-order valence-corrected chi connectivity index (χ3v) is 7.38. The molecule has 22 heavy (non-hydrogen) atoms. The van der Waals surface area contributed by atoms with Crippen molar-refractivity contribution in [2.24, 2.45) is 5.92 Å². The summed E-state index contributed by atoms with van der Waals surface area (Å²) in [6, 6.07) is 1.49.